The highest BCUT2D eigenvalue weighted by Gasteiger charge is 2.15. The van der Waals surface area contributed by atoms with Crippen molar-refractivity contribution in [2.45, 2.75) is 33.0 Å². The Hall–Kier alpha value is -1.11. The van der Waals surface area contributed by atoms with E-state index in [0.717, 1.165) is 5.69 Å². The predicted octanol–water partition coefficient (Wildman–Crippen LogP) is 2.37. The minimum absolute atomic E-state index is 0.262. The molecule has 0 amide bonds. The lowest BCUT2D eigenvalue weighted by atomic mass is 10.1. The molecule has 0 radical (unpaired) electrons. The first-order chi connectivity index (χ1) is 6.93. The number of hydrogen-bond acceptors (Lipinski definition) is 3. The number of nitrogens with zero attached hydrogens (tertiary/aromatic N) is 2. The van der Waals surface area contributed by atoms with E-state index in [0.29, 0.717) is 11.0 Å². The van der Waals surface area contributed by atoms with E-state index in [1.54, 1.807) is 6.07 Å². The maximum absolute atomic E-state index is 5.79. The molecule has 1 aromatic heterocycles. The molecule has 0 aliphatic carbocycles. The Balaban J connectivity index is 2.71. The number of hydrogen-bond donors (Lipinski definition) is 0. The Morgan fingerprint density at radius 2 is 2.20 bits per heavy atom. The van der Waals surface area contributed by atoms with Crippen LogP contribution in [0.15, 0.2) is 6.07 Å². The largest absolute Gasteiger partial charge is 0.355 e. The van der Waals surface area contributed by atoms with Crippen LogP contribution >= 0.6 is 11.6 Å². The van der Waals surface area contributed by atoms with E-state index in [9.17, 15) is 0 Å². The molecule has 0 atom stereocenters. The highest BCUT2D eigenvalue weighted by Crippen LogP contribution is 2.12. The molecule has 1 rings (SSSR count). The molecule has 15 heavy (non-hydrogen) atoms. The quantitative estimate of drug-likeness (QED) is 0.584. The van der Waals surface area contributed by atoms with Gasteiger partial charge in [-0.25, -0.2) is 9.97 Å². The summed E-state index contributed by atoms with van der Waals surface area (Å²) in [6.07, 6.45) is 5.29. The summed E-state index contributed by atoms with van der Waals surface area (Å²) in [5.74, 6) is 3.07. The van der Waals surface area contributed by atoms with Gasteiger partial charge in [-0.2, -0.15) is 0 Å². The number of terminal acetylenes is 1. The van der Waals surface area contributed by atoms with Gasteiger partial charge < -0.3 is 4.74 Å². The van der Waals surface area contributed by atoms with Crippen LogP contribution in [-0.2, 0) is 11.3 Å². The van der Waals surface area contributed by atoms with Crippen LogP contribution in [-0.4, -0.2) is 15.6 Å². The topological polar surface area (TPSA) is 35.0 Å². The molecule has 0 aliphatic rings. The first kappa shape index (κ1) is 12.0. The summed E-state index contributed by atoms with van der Waals surface area (Å²) in [5.41, 5.74) is 0.201. The van der Waals surface area contributed by atoms with Crippen molar-refractivity contribution in [2.24, 2.45) is 0 Å². The average Bonchev–Trinajstić information content (AvgIpc) is 2.14. The molecule has 1 heterocycles. The van der Waals surface area contributed by atoms with E-state index in [1.807, 2.05) is 20.8 Å². The minimum atomic E-state index is -0.612. The fraction of sp³-hybridized carbons (Fsp3) is 0.455. The zero-order valence-corrected chi connectivity index (χ0v) is 9.80. The van der Waals surface area contributed by atoms with Gasteiger partial charge in [-0.05, 0) is 26.8 Å². The second kappa shape index (κ2) is 4.61. The third kappa shape index (κ3) is 3.86. The van der Waals surface area contributed by atoms with Crippen LogP contribution in [0.2, 0.25) is 5.15 Å². The molecule has 0 N–H and O–H groups in total. The lowest BCUT2D eigenvalue weighted by Gasteiger charge is -2.17. The van der Waals surface area contributed by atoms with E-state index in [-0.39, 0.29) is 6.61 Å². The molecule has 0 aliphatic heterocycles. The molecule has 80 valence electrons. The van der Waals surface area contributed by atoms with Crippen molar-refractivity contribution in [1.29, 1.82) is 0 Å². The highest BCUT2D eigenvalue weighted by molar-refractivity contribution is 6.29. The van der Waals surface area contributed by atoms with Crippen LogP contribution in [0.1, 0.15) is 25.4 Å². The molecule has 1 aromatic rings. The lowest BCUT2D eigenvalue weighted by molar-refractivity contribution is 0.0108. The first-order valence-corrected chi connectivity index (χ1v) is 4.92. The van der Waals surface area contributed by atoms with Gasteiger partial charge in [-0.15, -0.1) is 6.42 Å². The van der Waals surface area contributed by atoms with E-state index >= 15 is 0 Å². The van der Waals surface area contributed by atoms with E-state index in [2.05, 4.69) is 15.9 Å². The predicted molar refractivity (Wildman–Crippen MR) is 59.5 cm³/mol. The fourth-order valence-corrected chi connectivity index (χ4v) is 1.20. The van der Waals surface area contributed by atoms with Crippen LogP contribution in [0.25, 0.3) is 0 Å². The van der Waals surface area contributed by atoms with Crippen LogP contribution in [0, 0.1) is 19.3 Å². The fourth-order valence-electron chi connectivity index (χ4n) is 0.940. The zero-order valence-electron chi connectivity index (χ0n) is 9.04. The zero-order chi connectivity index (χ0) is 11.5. The summed E-state index contributed by atoms with van der Waals surface area (Å²) in [6.45, 7) is 5.73. The van der Waals surface area contributed by atoms with Gasteiger partial charge in [0.25, 0.3) is 0 Å². The van der Waals surface area contributed by atoms with Gasteiger partial charge in [0.15, 0.2) is 5.82 Å². The van der Waals surface area contributed by atoms with E-state index < -0.39 is 5.60 Å². The molecule has 0 aromatic carbocycles. The van der Waals surface area contributed by atoms with Gasteiger partial charge in [-0.3, -0.25) is 0 Å². The van der Waals surface area contributed by atoms with Gasteiger partial charge in [0.05, 0.1) is 0 Å². The second-order valence-electron chi connectivity index (χ2n) is 3.69. The number of rotatable bonds is 3. The van der Waals surface area contributed by atoms with E-state index in [1.165, 1.54) is 0 Å². The van der Waals surface area contributed by atoms with Gasteiger partial charge in [0.1, 0.15) is 17.4 Å². The Bertz CT molecular complexity index is 376. The van der Waals surface area contributed by atoms with Crippen LogP contribution < -0.4 is 0 Å². The van der Waals surface area contributed by atoms with Gasteiger partial charge >= 0.3 is 0 Å². The number of ether oxygens (including phenoxy) is 1. The lowest BCUT2D eigenvalue weighted by Crippen LogP contribution is -2.22. The second-order valence-corrected chi connectivity index (χ2v) is 4.08. The smallest absolute Gasteiger partial charge is 0.156 e. The monoisotopic (exact) mass is 224 g/mol. The summed E-state index contributed by atoms with van der Waals surface area (Å²) >= 11 is 5.79. The summed E-state index contributed by atoms with van der Waals surface area (Å²) in [6, 6.07) is 1.69. The van der Waals surface area contributed by atoms with Crippen molar-refractivity contribution in [1.82, 2.24) is 9.97 Å². The summed E-state index contributed by atoms with van der Waals surface area (Å²) in [4.78, 5) is 8.21. The number of aryl methyl sites for hydroxylation is 1. The normalized spacial score (nSPS) is 11.1. The molecule has 3 nitrogen and oxygen atoms in total. The van der Waals surface area contributed by atoms with Crippen molar-refractivity contribution < 1.29 is 4.74 Å². The highest BCUT2D eigenvalue weighted by atomic mass is 35.5. The molecular weight excluding hydrogens is 212 g/mol. The summed E-state index contributed by atoms with van der Waals surface area (Å²) in [7, 11) is 0. The Morgan fingerprint density at radius 1 is 1.53 bits per heavy atom. The third-order valence-corrected chi connectivity index (χ3v) is 1.97. The molecule has 0 spiro atoms. The minimum Gasteiger partial charge on any atom is -0.355 e. The van der Waals surface area contributed by atoms with Crippen LogP contribution in [0.4, 0.5) is 0 Å². The van der Waals surface area contributed by atoms with Crippen molar-refractivity contribution in [3.05, 3.63) is 22.7 Å². The Morgan fingerprint density at radius 3 is 2.73 bits per heavy atom. The van der Waals surface area contributed by atoms with Crippen LogP contribution in [0.3, 0.4) is 0 Å². The van der Waals surface area contributed by atoms with Gasteiger partial charge in [0, 0.05) is 5.69 Å². The molecule has 0 fully saturated rings. The summed E-state index contributed by atoms with van der Waals surface area (Å²) < 4.78 is 5.45. The van der Waals surface area contributed by atoms with Crippen molar-refractivity contribution in [2.75, 3.05) is 0 Å². The Kier molecular flexibility index (Phi) is 3.67. The van der Waals surface area contributed by atoms with Crippen molar-refractivity contribution in [3.8, 4) is 12.3 Å². The molecule has 4 heteroatoms. The standard InChI is InChI=1S/C11H13ClN2O/c1-5-11(3,4)15-7-10-13-8(2)6-9(12)14-10/h1,6H,7H2,2-4H3. The third-order valence-electron chi connectivity index (χ3n) is 1.78. The van der Waals surface area contributed by atoms with Crippen LogP contribution in [0.5, 0.6) is 0 Å². The maximum Gasteiger partial charge on any atom is 0.156 e. The molecule has 0 unspecified atom stereocenters. The summed E-state index contributed by atoms with van der Waals surface area (Å²) in [5, 5.41) is 0.416. The van der Waals surface area contributed by atoms with Crippen molar-refractivity contribution in [3.63, 3.8) is 0 Å². The van der Waals surface area contributed by atoms with E-state index in [4.69, 9.17) is 22.8 Å². The Labute approximate surface area is 94.8 Å². The van der Waals surface area contributed by atoms with Gasteiger partial charge in [0.2, 0.25) is 0 Å². The maximum atomic E-state index is 5.79. The van der Waals surface area contributed by atoms with Crippen molar-refractivity contribution >= 4 is 11.6 Å². The number of halogens is 1. The molecule has 0 bridgehead atoms. The molecule has 0 saturated heterocycles. The molecular formula is C11H13ClN2O. The number of aromatic nitrogens is 2. The van der Waals surface area contributed by atoms with Gasteiger partial charge in [-0.1, -0.05) is 17.5 Å². The average molecular weight is 225 g/mol. The molecule has 0 saturated carbocycles. The first-order valence-electron chi connectivity index (χ1n) is 4.55. The SMILES string of the molecule is C#CC(C)(C)OCc1nc(C)cc(Cl)n1.